The molecular formula is C14H20N4O2S. The lowest BCUT2D eigenvalue weighted by Gasteiger charge is -2.07. The van der Waals surface area contributed by atoms with Crippen LogP contribution in [0.15, 0.2) is 29.3 Å². The predicted octanol–water partition coefficient (Wildman–Crippen LogP) is 1.22. The van der Waals surface area contributed by atoms with E-state index in [1.54, 1.807) is 14.0 Å². The molecule has 2 aromatic rings. The first-order valence-electron chi connectivity index (χ1n) is 6.67. The van der Waals surface area contributed by atoms with Gasteiger partial charge in [-0.15, -0.1) is 0 Å². The van der Waals surface area contributed by atoms with Gasteiger partial charge in [-0.3, -0.25) is 5.10 Å². The van der Waals surface area contributed by atoms with Gasteiger partial charge in [0.15, 0.2) is 5.03 Å². The summed E-state index contributed by atoms with van der Waals surface area (Å²) in [4.78, 5) is 0. The van der Waals surface area contributed by atoms with Crippen LogP contribution < -0.4 is 10.0 Å². The van der Waals surface area contributed by atoms with Gasteiger partial charge >= 0.3 is 0 Å². The molecule has 0 aliphatic rings. The molecule has 3 N–H and O–H groups in total. The first-order valence-corrected chi connectivity index (χ1v) is 8.16. The van der Waals surface area contributed by atoms with E-state index in [4.69, 9.17) is 0 Å². The second-order valence-corrected chi connectivity index (χ2v) is 6.66. The zero-order valence-corrected chi connectivity index (χ0v) is 13.2. The molecule has 0 atom stereocenters. The minimum Gasteiger partial charge on any atom is -0.316 e. The van der Waals surface area contributed by atoms with E-state index in [9.17, 15) is 8.42 Å². The Morgan fingerprint density at radius 1 is 1.14 bits per heavy atom. The molecule has 0 aliphatic heterocycles. The summed E-state index contributed by atoms with van der Waals surface area (Å²) in [6.45, 7) is 4.49. The zero-order chi connectivity index (χ0) is 15.5. The maximum Gasteiger partial charge on any atom is 0.260 e. The van der Waals surface area contributed by atoms with Crippen LogP contribution in [0.5, 0.6) is 0 Å². The van der Waals surface area contributed by atoms with Gasteiger partial charge in [0.1, 0.15) is 0 Å². The van der Waals surface area contributed by atoms with Gasteiger partial charge in [-0.25, -0.2) is 13.1 Å². The number of nitrogens with zero attached hydrogens (tertiary/aromatic N) is 1. The van der Waals surface area contributed by atoms with E-state index in [1.165, 1.54) is 0 Å². The quantitative estimate of drug-likeness (QED) is 0.749. The van der Waals surface area contributed by atoms with Crippen LogP contribution in [0.3, 0.4) is 0 Å². The summed E-state index contributed by atoms with van der Waals surface area (Å²) in [7, 11) is -1.87. The van der Waals surface area contributed by atoms with Crippen LogP contribution in [0.1, 0.15) is 22.4 Å². The fraction of sp³-hybridized carbons (Fsp3) is 0.357. The Morgan fingerprint density at radius 3 is 2.43 bits per heavy atom. The van der Waals surface area contributed by atoms with Crippen LogP contribution in [0.25, 0.3) is 0 Å². The second kappa shape index (κ2) is 6.38. The lowest BCUT2D eigenvalue weighted by molar-refractivity contribution is 0.575. The van der Waals surface area contributed by atoms with Gasteiger partial charge in [-0.05, 0) is 26.5 Å². The van der Waals surface area contributed by atoms with Crippen molar-refractivity contribution < 1.29 is 8.42 Å². The van der Waals surface area contributed by atoms with Crippen molar-refractivity contribution in [2.75, 3.05) is 7.05 Å². The maximum absolute atomic E-state index is 12.4. The largest absolute Gasteiger partial charge is 0.316 e. The van der Waals surface area contributed by atoms with Crippen molar-refractivity contribution in [2.24, 2.45) is 0 Å². The molecule has 0 radical (unpaired) electrons. The molecule has 0 bridgehead atoms. The van der Waals surface area contributed by atoms with E-state index in [2.05, 4.69) is 20.2 Å². The van der Waals surface area contributed by atoms with E-state index in [0.717, 1.165) is 16.8 Å². The molecule has 6 nitrogen and oxygen atoms in total. The lowest BCUT2D eigenvalue weighted by Crippen LogP contribution is -2.25. The SMILES string of the molecule is CNCc1c(S(=O)(=O)NCc2ccc(C)cc2)n[nH]c1C. The first kappa shape index (κ1) is 15.7. The number of aromatic amines is 1. The number of hydrogen-bond acceptors (Lipinski definition) is 4. The van der Waals surface area contributed by atoms with Gasteiger partial charge < -0.3 is 5.32 Å². The summed E-state index contributed by atoms with van der Waals surface area (Å²) in [5, 5.41) is 9.65. The van der Waals surface area contributed by atoms with Gasteiger partial charge in [0, 0.05) is 24.3 Å². The molecule has 1 heterocycles. The van der Waals surface area contributed by atoms with Crippen molar-refractivity contribution in [2.45, 2.75) is 32.0 Å². The minimum absolute atomic E-state index is 0.0569. The molecule has 1 aromatic carbocycles. The standard InChI is InChI=1S/C14H20N4O2S/c1-10-4-6-12(7-5-10)8-16-21(19,20)14-13(9-15-3)11(2)17-18-14/h4-7,15-16H,8-9H2,1-3H3,(H,17,18). The van der Waals surface area contributed by atoms with Crippen LogP contribution in [0, 0.1) is 13.8 Å². The predicted molar refractivity (Wildman–Crippen MR) is 81.3 cm³/mol. The number of benzene rings is 1. The van der Waals surface area contributed by atoms with Crippen LogP contribution in [0.4, 0.5) is 0 Å². The number of nitrogens with one attached hydrogen (secondary N) is 3. The average Bonchev–Trinajstić information content (AvgIpc) is 2.81. The van der Waals surface area contributed by atoms with Crippen molar-refractivity contribution in [3.8, 4) is 0 Å². The minimum atomic E-state index is -3.63. The smallest absolute Gasteiger partial charge is 0.260 e. The van der Waals surface area contributed by atoms with Gasteiger partial charge in [0.25, 0.3) is 10.0 Å². The Morgan fingerprint density at radius 2 is 1.81 bits per heavy atom. The van der Waals surface area contributed by atoms with Gasteiger partial charge in [0.05, 0.1) is 0 Å². The summed E-state index contributed by atoms with van der Waals surface area (Å²) in [5.41, 5.74) is 3.46. The first-order chi connectivity index (χ1) is 9.94. The molecule has 0 unspecified atom stereocenters. The van der Waals surface area contributed by atoms with E-state index in [1.807, 2.05) is 31.2 Å². The molecule has 2 rings (SSSR count). The summed E-state index contributed by atoms with van der Waals surface area (Å²) < 4.78 is 27.3. The van der Waals surface area contributed by atoms with Crippen molar-refractivity contribution >= 4 is 10.0 Å². The Kier molecular flexibility index (Phi) is 4.76. The molecule has 0 saturated carbocycles. The van der Waals surface area contributed by atoms with Gasteiger partial charge in [0.2, 0.25) is 0 Å². The second-order valence-electron chi connectivity index (χ2n) is 4.97. The van der Waals surface area contributed by atoms with Gasteiger partial charge in [-0.2, -0.15) is 5.10 Å². The van der Waals surface area contributed by atoms with E-state index >= 15 is 0 Å². The molecule has 21 heavy (non-hydrogen) atoms. The Bertz CT molecular complexity index is 705. The third kappa shape index (κ3) is 3.69. The molecule has 0 saturated heterocycles. The van der Waals surface area contributed by atoms with Crippen molar-refractivity contribution in [3.05, 3.63) is 46.6 Å². The monoisotopic (exact) mass is 308 g/mol. The number of aromatic nitrogens is 2. The molecule has 0 aliphatic carbocycles. The van der Waals surface area contributed by atoms with E-state index in [0.29, 0.717) is 12.1 Å². The van der Waals surface area contributed by atoms with Crippen LogP contribution in [-0.4, -0.2) is 25.7 Å². The molecule has 0 fully saturated rings. The third-order valence-electron chi connectivity index (χ3n) is 3.23. The highest BCUT2D eigenvalue weighted by molar-refractivity contribution is 7.89. The van der Waals surface area contributed by atoms with Crippen LogP contribution in [-0.2, 0) is 23.1 Å². The summed E-state index contributed by atoms with van der Waals surface area (Å²) >= 11 is 0. The van der Waals surface area contributed by atoms with E-state index < -0.39 is 10.0 Å². The lowest BCUT2D eigenvalue weighted by atomic mass is 10.2. The number of hydrogen-bond donors (Lipinski definition) is 3. The third-order valence-corrected chi connectivity index (χ3v) is 4.60. The number of aryl methyl sites for hydroxylation is 2. The number of H-pyrrole nitrogens is 1. The fourth-order valence-electron chi connectivity index (χ4n) is 1.99. The number of rotatable bonds is 6. The Labute approximate surface area is 125 Å². The summed E-state index contributed by atoms with van der Waals surface area (Å²) in [6.07, 6.45) is 0. The summed E-state index contributed by atoms with van der Waals surface area (Å²) in [5.74, 6) is 0. The maximum atomic E-state index is 12.4. The highest BCUT2D eigenvalue weighted by Crippen LogP contribution is 2.16. The van der Waals surface area contributed by atoms with Crippen LogP contribution >= 0.6 is 0 Å². The van der Waals surface area contributed by atoms with Gasteiger partial charge in [-0.1, -0.05) is 29.8 Å². The fourth-order valence-corrected chi connectivity index (χ4v) is 3.20. The normalized spacial score (nSPS) is 11.8. The Balaban J connectivity index is 2.17. The van der Waals surface area contributed by atoms with Crippen molar-refractivity contribution in [3.63, 3.8) is 0 Å². The molecule has 7 heteroatoms. The molecule has 0 amide bonds. The molecule has 114 valence electrons. The Hall–Kier alpha value is -1.70. The topological polar surface area (TPSA) is 86.9 Å². The van der Waals surface area contributed by atoms with Crippen LogP contribution in [0.2, 0.25) is 0 Å². The average molecular weight is 308 g/mol. The summed E-state index contributed by atoms with van der Waals surface area (Å²) in [6, 6.07) is 7.72. The molecule has 1 aromatic heterocycles. The van der Waals surface area contributed by atoms with Crippen molar-refractivity contribution in [1.82, 2.24) is 20.2 Å². The highest BCUT2D eigenvalue weighted by atomic mass is 32.2. The zero-order valence-electron chi connectivity index (χ0n) is 12.4. The van der Waals surface area contributed by atoms with E-state index in [-0.39, 0.29) is 11.6 Å². The highest BCUT2D eigenvalue weighted by Gasteiger charge is 2.23. The van der Waals surface area contributed by atoms with Crippen molar-refractivity contribution in [1.29, 1.82) is 0 Å². The molecular weight excluding hydrogens is 288 g/mol. The molecule has 0 spiro atoms. The number of sulfonamides is 1.